The van der Waals surface area contributed by atoms with E-state index in [0.29, 0.717) is 32.5 Å². The Morgan fingerprint density at radius 3 is 2.34 bits per heavy atom. The minimum absolute atomic E-state index is 0.159. The molecule has 0 N–H and O–H groups in total. The fourth-order valence-electron chi connectivity index (χ4n) is 4.37. The molecule has 6 heteroatoms. The first kappa shape index (κ1) is 24.3. The summed E-state index contributed by atoms with van der Waals surface area (Å²) in [6.45, 7) is 8.07. The Balaban J connectivity index is 1.78. The summed E-state index contributed by atoms with van der Waals surface area (Å²) in [7, 11) is 1.66. The topological polar surface area (TPSA) is 56.1 Å². The highest BCUT2D eigenvalue weighted by Gasteiger charge is 2.18. The molecule has 0 aliphatic heterocycles. The lowest BCUT2D eigenvalue weighted by Crippen LogP contribution is -2.30. The number of nitrogens with zero attached hydrogens (tertiary/aromatic N) is 3. The average molecular weight is 472 g/mol. The van der Waals surface area contributed by atoms with E-state index >= 15 is 0 Å². The fourth-order valence-corrected chi connectivity index (χ4v) is 4.37. The Morgan fingerprint density at radius 1 is 0.914 bits per heavy atom. The lowest BCUT2D eigenvalue weighted by atomic mass is 10.1. The highest BCUT2D eigenvalue weighted by Crippen LogP contribution is 2.30. The molecule has 0 atom stereocenters. The smallest absolute Gasteiger partial charge is 0.222 e. The van der Waals surface area contributed by atoms with Crippen LogP contribution in [0.25, 0.3) is 28.0 Å². The fraction of sp³-hybridized carbons (Fsp3) is 0.310. The highest BCUT2D eigenvalue weighted by molar-refractivity contribution is 5.77. The Hall–Kier alpha value is -3.80. The van der Waals surface area contributed by atoms with Crippen LogP contribution in [0.5, 0.6) is 11.5 Å². The normalized spacial score (nSPS) is 11.0. The van der Waals surface area contributed by atoms with Crippen molar-refractivity contribution in [1.82, 2.24) is 14.3 Å². The van der Waals surface area contributed by atoms with Gasteiger partial charge in [0.2, 0.25) is 5.91 Å². The van der Waals surface area contributed by atoms with Crippen LogP contribution in [-0.2, 0) is 11.2 Å². The maximum absolute atomic E-state index is 12.8. The number of rotatable bonds is 10. The number of pyridine rings is 1. The third kappa shape index (κ3) is 5.32. The van der Waals surface area contributed by atoms with E-state index in [1.54, 1.807) is 7.11 Å². The number of amides is 1. The summed E-state index contributed by atoms with van der Waals surface area (Å²) in [4.78, 5) is 19.7. The van der Waals surface area contributed by atoms with Gasteiger partial charge in [0.05, 0.1) is 25.1 Å². The molecule has 0 spiro atoms. The second kappa shape index (κ2) is 11.1. The first-order valence-corrected chi connectivity index (χ1v) is 12.2. The largest absolute Gasteiger partial charge is 0.497 e. The number of imidazole rings is 1. The standard InChI is InChI=1S/C29H33N3O3/c1-5-31(6-2)28(33)18-16-26-29(21-11-14-24(34-4)15-12-21)30-27-17-13-23(20-32(26)27)22-9-8-10-25(19-22)35-7-3/h8-15,17,19-20H,5-7,16,18H2,1-4H3. The van der Waals surface area contributed by atoms with Gasteiger partial charge in [0.1, 0.15) is 17.1 Å². The molecule has 0 aliphatic rings. The molecule has 4 aromatic rings. The molecule has 2 aromatic carbocycles. The van der Waals surface area contributed by atoms with Crippen LogP contribution in [0.3, 0.4) is 0 Å². The van der Waals surface area contributed by atoms with Crippen molar-refractivity contribution in [3.8, 4) is 33.9 Å². The summed E-state index contributed by atoms with van der Waals surface area (Å²) in [6.07, 6.45) is 3.14. The van der Waals surface area contributed by atoms with Gasteiger partial charge in [-0.15, -0.1) is 0 Å². The minimum atomic E-state index is 0.159. The molecule has 0 saturated carbocycles. The van der Waals surface area contributed by atoms with Crippen molar-refractivity contribution in [3.05, 3.63) is 72.6 Å². The molecule has 0 saturated heterocycles. The van der Waals surface area contributed by atoms with Crippen molar-refractivity contribution in [1.29, 1.82) is 0 Å². The van der Waals surface area contributed by atoms with Crippen LogP contribution in [0.2, 0.25) is 0 Å². The van der Waals surface area contributed by atoms with Gasteiger partial charge >= 0.3 is 0 Å². The molecule has 2 heterocycles. The van der Waals surface area contributed by atoms with E-state index in [9.17, 15) is 4.79 Å². The lowest BCUT2D eigenvalue weighted by molar-refractivity contribution is -0.130. The van der Waals surface area contributed by atoms with Gasteiger partial charge in [-0.25, -0.2) is 4.98 Å². The van der Waals surface area contributed by atoms with Crippen LogP contribution >= 0.6 is 0 Å². The van der Waals surface area contributed by atoms with Crippen molar-refractivity contribution in [2.75, 3.05) is 26.8 Å². The SMILES string of the molecule is CCOc1cccc(-c2ccc3nc(-c4ccc(OC)cc4)c(CCC(=O)N(CC)CC)n3c2)c1. The van der Waals surface area contributed by atoms with E-state index < -0.39 is 0 Å². The average Bonchev–Trinajstić information content (AvgIpc) is 3.26. The number of aryl methyl sites for hydroxylation is 1. The van der Waals surface area contributed by atoms with Crippen molar-refractivity contribution in [2.45, 2.75) is 33.6 Å². The molecule has 0 aliphatic carbocycles. The van der Waals surface area contributed by atoms with Crippen LogP contribution in [0.4, 0.5) is 0 Å². The predicted molar refractivity (Wildman–Crippen MR) is 140 cm³/mol. The molecular formula is C29H33N3O3. The quantitative estimate of drug-likeness (QED) is 0.290. The van der Waals surface area contributed by atoms with E-state index in [1.807, 2.05) is 68.1 Å². The Morgan fingerprint density at radius 2 is 1.66 bits per heavy atom. The summed E-state index contributed by atoms with van der Waals surface area (Å²) in [6, 6.07) is 20.1. The number of benzene rings is 2. The Bertz CT molecular complexity index is 1290. The first-order chi connectivity index (χ1) is 17.1. The number of carbonyl (C=O) groups excluding carboxylic acids is 1. The second-order valence-corrected chi connectivity index (χ2v) is 8.31. The van der Waals surface area contributed by atoms with Crippen LogP contribution in [-0.4, -0.2) is 47.0 Å². The molecule has 2 aromatic heterocycles. The molecule has 6 nitrogen and oxygen atoms in total. The van der Waals surface area contributed by atoms with Crippen LogP contribution in [0, 0.1) is 0 Å². The zero-order valence-electron chi connectivity index (χ0n) is 21.0. The molecule has 4 rings (SSSR count). The van der Waals surface area contributed by atoms with Gasteiger partial charge in [-0.05, 0) is 86.8 Å². The highest BCUT2D eigenvalue weighted by atomic mass is 16.5. The van der Waals surface area contributed by atoms with E-state index in [1.165, 1.54) is 0 Å². The molecule has 0 bridgehead atoms. The second-order valence-electron chi connectivity index (χ2n) is 8.31. The van der Waals surface area contributed by atoms with Gasteiger partial charge < -0.3 is 18.8 Å². The summed E-state index contributed by atoms with van der Waals surface area (Å²) < 4.78 is 13.1. The predicted octanol–water partition coefficient (Wildman–Crippen LogP) is 5.88. The van der Waals surface area contributed by atoms with Gasteiger partial charge in [-0.3, -0.25) is 4.79 Å². The summed E-state index contributed by atoms with van der Waals surface area (Å²) >= 11 is 0. The molecule has 1 amide bonds. The number of ether oxygens (including phenoxy) is 2. The van der Waals surface area contributed by atoms with E-state index in [2.05, 4.69) is 28.8 Å². The molecule has 0 unspecified atom stereocenters. The summed E-state index contributed by atoms with van der Waals surface area (Å²) in [5.41, 5.74) is 5.90. The van der Waals surface area contributed by atoms with Gasteiger partial charge in [0.15, 0.2) is 0 Å². The molecular weight excluding hydrogens is 438 g/mol. The molecule has 182 valence electrons. The van der Waals surface area contributed by atoms with Gasteiger partial charge in [0, 0.05) is 31.3 Å². The third-order valence-corrected chi connectivity index (χ3v) is 6.25. The van der Waals surface area contributed by atoms with Crippen LogP contribution in [0.1, 0.15) is 32.9 Å². The maximum atomic E-state index is 12.8. The molecule has 0 fully saturated rings. The van der Waals surface area contributed by atoms with Crippen molar-refractivity contribution < 1.29 is 14.3 Å². The van der Waals surface area contributed by atoms with Crippen molar-refractivity contribution in [2.24, 2.45) is 0 Å². The van der Waals surface area contributed by atoms with Gasteiger partial charge in [0.25, 0.3) is 0 Å². The minimum Gasteiger partial charge on any atom is -0.497 e. The number of fused-ring (bicyclic) bond motifs is 1. The van der Waals surface area contributed by atoms with Gasteiger partial charge in [-0.1, -0.05) is 12.1 Å². The zero-order chi connectivity index (χ0) is 24.8. The Kier molecular flexibility index (Phi) is 7.70. The van der Waals surface area contributed by atoms with E-state index in [4.69, 9.17) is 14.5 Å². The first-order valence-electron chi connectivity index (χ1n) is 12.2. The van der Waals surface area contributed by atoms with Gasteiger partial charge in [-0.2, -0.15) is 0 Å². The molecule has 0 radical (unpaired) electrons. The van der Waals surface area contributed by atoms with Crippen LogP contribution < -0.4 is 9.47 Å². The number of methoxy groups -OCH3 is 1. The monoisotopic (exact) mass is 471 g/mol. The van der Waals surface area contributed by atoms with Crippen molar-refractivity contribution in [3.63, 3.8) is 0 Å². The number of aromatic nitrogens is 2. The number of hydrogen-bond acceptors (Lipinski definition) is 4. The Labute approximate surface area is 207 Å². The molecule has 35 heavy (non-hydrogen) atoms. The lowest BCUT2D eigenvalue weighted by Gasteiger charge is -2.18. The number of carbonyl (C=O) groups is 1. The van der Waals surface area contributed by atoms with E-state index in [0.717, 1.165) is 45.2 Å². The van der Waals surface area contributed by atoms with E-state index in [-0.39, 0.29) is 5.91 Å². The summed E-state index contributed by atoms with van der Waals surface area (Å²) in [5, 5.41) is 0. The number of hydrogen-bond donors (Lipinski definition) is 0. The third-order valence-electron chi connectivity index (χ3n) is 6.25. The van der Waals surface area contributed by atoms with Crippen molar-refractivity contribution >= 4 is 11.6 Å². The van der Waals surface area contributed by atoms with Crippen LogP contribution in [0.15, 0.2) is 66.9 Å². The maximum Gasteiger partial charge on any atom is 0.222 e. The zero-order valence-corrected chi connectivity index (χ0v) is 21.0. The summed E-state index contributed by atoms with van der Waals surface area (Å²) in [5.74, 6) is 1.80.